The lowest BCUT2D eigenvalue weighted by Crippen LogP contribution is -2.26. The molecule has 1 aromatic carbocycles. The number of rotatable bonds is 8. The molecule has 1 fully saturated rings. The molecule has 1 amide bonds. The summed E-state index contributed by atoms with van der Waals surface area (Å²) in [5.74, 6) is 0.805. The van der Waals surface area contributed by atoms with E-state index in [9.17, 15) is 4.79 Å². The predicted molar refractivity (Wildman–Crippen MR) is 84.9 cm³/mol. The maximum Gasteiger partial charge on any atom is 0.251 e. The number of nitrogens with one attached hydrogen (secondary N) is 1. The Labute approximate surface area is 127 Å². The van der Waals surface area contributed by atoms with Gasteiger partial charge in [-0.2, -0.15) is 0 Å². The van der Waals surface area contributed by atoms with Crippen molar-refractivity contribution in [3.8, 4) is 5.75 Å². The Morgan fingerprint density at radius 1 is 1.19 bits per heavy atom. The Balaban J connectivity index is 1.62. The predicted octanol–water partition coefficient (Wildman–Crippen LogP) is 2.69. The normalized spacial score (nSPS) is 15.1. The van der Waals surface area contributed by atoms with Crippen LogP contribution in [0.25, 0.3) is 0 Å². The highest BCUT2D eigenvalue weighted by Gasteiger charge is 2.10. The lowest BCUT2D eigenvalue weighted by Gasteiger charge is -2.14. The van der Waals surface area contributed by atoms with Crippen molar-refractivity contribution in [2.75, 3.05) is 32.8 Å². The molecule has 0 saturated carbocycles. The van der Waals surface area contributed by atoms with Crippen LogP contribution in [0.5, 0.6) is 5.75 Å². The van der Waals surface area contributed by atoms with Gasteiger partial charge in [-0.1, -0.05) is 0 Å². The molecule has 0 bridgehead atoms. The number of unbranched alkanes of at least 4 members (excludes halogenated alkanes) is 1. The molecule has 0 atom stereocenters. The molecular formula is C17H26N2O2. The molecule has 21 heavy (non-hydrogen) atoms. The van der Waals surface area contributed by atoms with Gasteiger partial charge in [0.25, 0.3) is 5.91 Å². The zero-order chi connectivity index (χ0) is 14.9. The SMILES string of the molecule is CCOc1ccc(C(=O)NCCCCN2CCCC2)cc1. The van der Waals surface area contributed by atoms with Crippen LogP contribution < -0.4 is 10.1 Å². The third-order valence-electron chi connectivity index (χ3n) is 3.81. The van der Waals surface area contributed by atoms with Crippen molar-refractivity contribution in [1.29, 1.82) is 0 Å². The molecule has 0 aliphatic carbocycles. The summed E-state index contributed by atoms with van der Waals surface area (Å²) in [5.41, 5.74) is 0.693. The molecule has 1 aliphatic heterocycles. The standard InChI is InChI=1S/C17H26N2O2/c1-2-21-16-9-7-15(8-10-16)17(20)18-11-3-4-12-19-13-5-6-14-19/h7-10H,2-6,11-14H2,1H3,(H,18,20). The lowest BCUT2D eigenvalue weighted by atomic mass is 10.2. The molecular weight excluding hydrogens is 264 g/mol. The second-order valence-corrected chi connectivity index (χ2v) is 5.47. The maximum absolute atomic E-state index is 12.0. The van der Waals surface area contributed by atoms with Gasteiger partial charge in [0, 0.05) is 12.1 Å². The summed E-state index contributed by atoms with van der Waals surface area (Å²) in [4.78, 5) is 14.5. The Hall–Kier alpha value is -1.55. The van der Waals surface area contributed by atoms with E-state index in [0.717, 1.165) is 25.1 Å². The van der Waals surface area contributed by atoms with Gasteiger partial charge in [-0.3, -0.25) is 4.79 Å². The van der Waals surface area contributed by atoms with Crippen LogP contribution in [0.3, 0.4) is 0 Å². The van der Waals surface area contributed by atoms with Crippen molar-refractivity contribution in [2.24, 2.45) is 0 Å². The van der Waals surface area contributed by atoms with Crippen LogP contribution in [-0.4, -0.2) is 43.6 Å². The Morgan fingerprint density at radius 3 is 2.57 bits per heavy atom. The second kappa shape index (κ2) is 8.67. The summed E-state index contributed by atoms with van der Waals surface area (Å²) in [6, 6.07) is 7.30. The molecule has 4 nitrogen and oxygen atoms in total. The highest BCUT2D eigenvalue weighted by Crippen LogP contribution is 2.12. The number of hydrogen-bond acceptors (Lipinski definition) is 3. The first-order valence-electron chi connectivity index (χ1n) is 8.03. The van der Waals surface area contributed by atoms with Gasteiger partial charge in [-0.05, 0) is 76.5 Å². The average Bonchev–Trinajstić information content (AvgIpc) is 3.01. The summed E-state index contributed by atoms with van der Waals surface area (Å²) in [6.07, 6.45) is 4.88. The highest BCUT2D eigenvalue weighted by atomic mass is 16.5. The molecule has 0 spiro atoms. The van der Waals surface area contributed by atoms with E-state index in [1.807, 2.05) is 31.2 Å². The molecule has 4 heteroatoms. The number of nitrogens with zero attached hydrogens (tertiary/aromatic N) is 1. The molecule has 0 radical (unpaired) electrons. The summed E-state index contributed by atoms with van der Waals surface area (Å²) in [6.45, 7) is 7.00. The van der Waals surface area contributed by atoms with Gasteiger partial charge in [-0.25, -0.2) is 0 Å². The molecule has 0 unspecified atom stereocenters. The first-order chi connectivity index (χ1) is 10.3. The molecule has 1 saturated heterocycles. The highest BCUT2D eigenvalue weighted by molar-refractivity contribution is 5.94. The maximum atomic E-state index is 12.0. The number of amides is 1. The Kier molecular flexibility index (Phi) is 6.54. The van der Waals surface area contributed by atoms with E-state index in [1.54, 1.807) is 0 Å². The summed E-state index contributed by atoms with van der Waals surface area (Å²) >= 11 is 0. The van der Waals surface area contributed by atoms with Gasteiger partial charge in [-0.15, -0.1) is 0 Å². The topological polar surface area (TPSA) is 41.6 Å². The summed E-state index contributed by atoms with van der Waals surface area (Å²) < 4.78 is 5.37. The average molecular weight is 290 g/mol. The second-order valence-electron chi connectivity index (χ2n) is 5.47. The van der Waals surface area contributed by atoms with Crippen molar-refractivity contribution in [3.05, 3.63) is 29.8 Å². The third kappa shape index (κ3) is 5.38. The Morgan fingerprint density at radius 2 is 1.90 bits per heavy atom. The number of benzene rings is 1. The van der Waals surface area contributed by atoms with E-state index in [4.69, 9.17) is 4.74 Å². The van der Waals surface area contributed by atoms with Gasteiger partial charge < -0.3 is 15.0 Å². The largest absolute Gasteiger partial charge is 0.494 e. The van der Waals surface area contributed by atoms with Gasteiger partial charge in [0.15, 0.2) is 0 Å². The monoisotopic (exact) mass is 290 g/mol. The van der Waals surface area contributed by atoms with Crippen LogP contribution in [-0.2, 0) is 0 Å². The van der Waals surface area contributed by atoms with E-state index < -0.39 is 0 Å². The molecule has 1 aromatic rings. The number of ether oxygens (including phenoxy) is 1. The van der Waals surface area contributed by atoms with Gasteiger partial charge in [0.05, 0.1) is 6.61 Å². The van der Waals surface area contributed by atoms with Crippen LogP contribution in [0.1, 0.15) is 43.0 Å². The van der Waals surface area contributed by atoms with E-state index in [2.05, 4.69) is 10.2 Å². The van der Waals surface area contributed by atoms with Crippen molar-refractivity contribution in [2.45, 2.75) is 32.6 Å². The van der Waals surface area contributed by atoms with E-state index >= 15 is 0 Å². The molecule has 2 rings (SSSR count). The quantitative estimate of drug-likeness (QED) is 0.748. The van der Waals surface area contributed by atoms with Crippen molar-refractivity contribution in [1.82, 2.24) is 10.2 Å². The van der Waals surface area contributed by atoms with Crippen LogP contribution in [0, 0.1) is 0 Å². The fraction of sp³-hybridized carbons (Fsp3) is 0.588. The zero-order valence-electron chi connectivity index (χ0n) is 12.9. The van der Waals surface area contributed by atoms with Gasteiger partial charge in [0.1, 0.15) is 5.75 Å². The summed E-state index contributed by atoms with van der Waals surface area (Å²) in [7, 11) is 0. The number of carbonyl (C=O) groups is 1. The van der Waals surface area contributed by atoms with Gasteiger partial charge in [0.2, 0.25) is 0 Å². The summed E-state index contributed by atoms with van der Waals surface area (Å²) in [5, 5.41) is 2.98. The number of likely N-dealkylation sites (tertiary alicyclic amines) is 1. The van der Waals surface area contributed by atoms with Crippen molar-refractivity contribution in [3.63, 3.8) is 0 Å². The number of carbonyl (C=O) groups excluding carboxylic acids is 1. The van der Waals surface area contributed by atoms with Crippen molar-refractivity contribution >= 4 is 5.91 Å². The molecule has 1 N–H and O–H groups in total. The van der Waals surface area contributed by atoms with Crippen LogP contribution in [0.4, 0.5) is 0 Å². The smallest absolute Gasteiger partial charge is 0.251 e. The van der Waals surface area contributed by atoms with Gasteiger partial charge >= 0.3 is 0 Å². The van der Waals surface area contributed by atoms with Crippen LogP contribution in [0.15, 0.2) is 24.3 Å². The van der Waals surface area contributed by atoms with E-state index in [1.165, 1.54) is 32.5 Å². The molecule has 1 heterocycles. The lowest BCUT2D eigenvalue weighted by molar-refractivity contribution is 0.0952. The first-order valence-corrected chi connectivity index (χ1v) is 8.03. The van der Waals surface area contributed by atoms with Crippen molar-refractivity contribution < 1.29 is 9.53 Å². The minimum absolute atomic E-state index is 0.000721. The van der Waals surface area contributed by atoms with E-state index in [-0.39, 0.29) is 5.91 Å². The molecule has 0 aromatic heterocycles. The fourth-order valence-corrected chi connectivity index (χ4v) is 2.64. The van der Waals surface area contributed by atoms with Crippen LogP contribution >= 0.6 is 0 Å². The Bertz CT molecular complexity index is 425. The molecule has 1 aliphatic rings. The zero-order valence-corrected chi connectivity index (χ0v) is 12.9. The first kappa shape index (κ1) is 15.8. The van der Waals surface area contributed by atoms with Crippen LogP contribution in [0.2, 0.25) is 0 Å². The minimum atomic E-state index is -0.000721. The fourth-order valence-electron chi connectivity index (χ4n) is 2.64. The number of hydrogen-bond donors (Lipinski definition) is 1. The van der Waals surface area contributed by atoms with E-state index in [0.29, 0.717) is 12.2 Å². The molecule has 116 valence electrons. The third-order valence-corrected chi connectivity index (χ3v) is 3.81. The minimum Gasteiger partial charge on any atom is -0.494 e.